The number of piperazine rings is 1. The molecule has 0 radical (unpaired) electrons. The van der Waals surface area contributed by atoms with E-state index in [4.69, 9.17) is 10.5 Å². The SMILES string of the molecule is Nc1ccccc1N1CC[NH+](CCOc2ccc3[nH]c(=O)c4cccn4c3n2)CC1.O.[Cl-]. The number of nitrogens with one attached hydrogen (secondary N) is 2. The second kappa shape index (κ2) is 9.90. The highest BCUT2D eigenvalue weighted by atomic mass is 35.5. The van der Waals surface area contributed by atoms with Gasteiger partial charge in [0.15, 0.2) is 5.65 Å². The Bertz CT molecular complexity index is 1250. The Kier molecular flexibility index (Phi) is 7.24. The summed E-state index contributed by atoms with van der Waals surface area (Å²) in [5.41, 5.74) is 9.91. The summed E-state index contributed by atoms with van der Waals surface area (Å²) in [7, 11) is 0. The second-order valence-corrected chi connectivity index (χ2v) is 7.63. The molecule has 4 heterocycles. The summed E-state index contributed by atoms with van der Waals surface area (Å²) in [6.45, 7) is 5.58. The van der Waals surface area contributed by atoms with Crippen LogP contribution in [0.1, 0.15) is 0 Å². The average Bonchev–Trinajstić information content (AvgIpc) is 3.26. The van der Waals surface area contributed by atoms with Crippen LogP contribution >= 0.6 is 0 Å². The standard InChI is InChI=1S/C22H24N6O2.ClH.H2O/c23-16-4-1-2-5-18(16)27-12-10-26(11-13-27)14-15-30-20-8-7-17-21(25-20)28-9-3-6-19(28)22(29)24-17;;/h1-9H,10-15,23H2,(H,24,29);1H;1H2. The van der Waals surface area contributed by atoms with Crippen LogP contribution in [0.2, 0.25) is 0 Å². The lowest BCUT2D eigenvalue weighted by Crippen LogP contribution is -3.15. The van der Waals surface area contributed by atoms with E-state index in [1.54, 1.807) is 16.5 Å². The lowest BCUT2D eigenvalue weighted by Gasteiger charge is -2.34. The summed E-state index contributed by atoms with van der Waals surface area (Å²) < 4.78 is 7.72. The number of halogens is 1. The molecule has 1 saturated heterocycles. The van der Waals surface area contributed by atoms with Gasteiger partial charge in [0.2, 0.25) is 5.88 Å². The zero-order valence-corrected chi connectivity index (χ0v) is 18.3. The molecule has 0 aliphatic carbocycles. The summed E-state index contributed by atoms with van der Waals surface area (Å²) in [4.78, 5) is 23.4. The minimum atomic E-state index is -0.122. The van der Waals surface area contributed by atoms with Gasteiger partial charge in [-0.25, -0.2) is 0 Å². The zero-order chi connectivity index (χ0) is 20.5. The molecule has 1 aliphatic heterocycles. The van der Waals surface area contributed by atoms with Crippen molar-refractivity contribution in [3.8, 4) is 5.88 Å². The van der Waals surface area contributed by atoms with Crippen molar-refractivity contribution < 1.29 is 27.5 Å². The number of anilines is 2. The molecule has 0 unspecified atom stereocenters. The summed E-state index contributed by atoms with van der Waals surface area (Å²) in [6.07, 6.45) is 1.84. The van der Waals surface area contributed by atoms with Crippen LogP contribution in [0.15, 0.2) is 59.5 Å². The van der Waals surface area contributed by atoms with Crippen molar-refractivity contribution in [1.29, 1.82) is 0 Å². The number of aromatic amines is 1. The molecule has 9 nitrogen and oxygen atoms in total. The number of para-hydroxylation sites is 2. The van der Waals surface area contributed by atoms with Gasteiger partial charge >= 0.3 is 0 Å². The quantitative estimate of drug-likeness (QED) is 0.270. The summed E-state index contributed by atoms with van der Waals surface area (Å²) in [5.74, 6) is 0.569. The number of pyridine rings is 1. The largest absolute Gasteiger partial charge is 1.00 e. The van der Waals surface area contributed by atoms with Crippen molar-refractivity contribution in [2.45, 2.75) is 0 Å². The number of quaternary nitrogens is 1. The highest BCUT2D eigenvalue weighted by molar-refractivity contribution is 5.74. The van der Waals surface area contributed by atoms with Gasteiger partial charge < -0.3 is 43.1 Å². The monoisotopic (exact) mass is 458 g/mol. The topological polar surface area (TPSA) is 125 Å². The molecule has 0 atom stereocenters. The number of hydrogen-bond donors (Lipinski definition) is 3. The first-order chi connectivity index (χ1) is 14.7. The van der Waals surface area contributed by atoms with Gasteiger partial charge in [-0.2, -0.15) is 4.98 Å². The number of aromatic nitrogens is 3. The third-order valence-electron chi connectivity index (χ3n) is 5.76. The van der Waals surface area contributed by atoms with E-state index in [-0.39, 0.29) is 23.4 Å². The molecule has 10 heteroatoms. The fourth-order valence-corrected chi connectivity index (χ4v) is 4.12. The number of hydrogen-bond acceptors (Lipinski definition) is 5. The van der Waals surface area contributed by atoms with E-state index in [1.807, 2.05) is 36.5 Å². The van der Waals surface area contributed by atoms with Crippen molar-refractivity contribution in [3.63, 3.8) is 0 Å². The Morgan fingerprint density at radius 3 is 2.66 bits per heavy atom. The number of H-pyrrole nitrogens is 1. The van der Waals surface area contributed by atoms with Crippen LogP contribution in [0, 0.1) is 0 Å². The van der Waals surface area contributed by atoms with Crippen LogP contribution in [-0.2, 0) is 0 Å². The molecule has 3 aromatic heterocycles. The molecule has 0 saturated carbocycles. The Morgan fingerprint density at radius 2 is 1.88 bits per heavy atom. The van der Waals surface area contributed by atoms with E-state index < -0.39 is 0 Å². The molecule has 170 valence electrons. The van der Waals surface area contributed by atoms with Crippen molar-refractivity contribution in [2.24, 2.45) is 0 Å². The van der Waals surface area contributed by atoms with E-state index in [1.165, 1.54) is 4.90 Å². The van der Waals surface area contributed by atoms with Gasteiger partial charge in [0.05, 0.1) is 43.1 Å². The van der Waals surface area contributed by atoms with E-state index >= 15 is 0 Å². The van der Waals surface area contributed by atoms with Crippen molar-refractivity contribution in [3.05, 3.63) is 65.1 Å². The molecule has 5 rings (SSSR count). The molecule has 0 bridgehead atoms. The van der Waals surface area contributed by atoms with E-state index in [9.17, 15) is 4.79 Å². The van der Waals surface area contributed by atoms with Gasteiger partial charge in [-0.05, 0) is 30.3 Å². The fourth-order valence-electron chi connectivity index (χ4n) is 4.12. The second-order valence-electron chi connectivity index (χ2n) is 7.63. The fraction of sp³-hybridized carbons (Fsp3) is 0.273. The Labute approximate surface area is 191 Å². The summed E-state index contributed by atoms with van der Waals surface area (Å²) in [5, 5.41) is 0. The van der Waals surface area contributed by atoms with Crippen LogP contribution in [-0.4, -0.2) is 59.2 Å². The number of nitrogen functional groups attached to an aromatic ring is 1. The van der Waals surface area contributed by atoms with Crippen LogP contribution < -0.4 is 38.2 Å². The van der Waals surface area contributed by atoms with Crippen LogP contribution in [0.4, 0.5) is 11.4 Å². The normalized spacial score (nSPS) is 14.2. The van der Waals surface area contributed by atoms with Gasteiger partial charge in [0, 0.05) is 12.3 Å². The van der Waals surface area contributed by atoms with E-state index in [0.29, 0.717) is 29.2 Å². The van der Waals surface area contributed by atoms with Gasteiger partial charge in [0.1, 0.15) is 18.7 Å². The number of fused-ring (bicyclic) bond motifs is 3. The summed E-state index contributed by atoms with van der Waals surface area (Å²) >= 11 is 0. The highest BCUT2D eigenvalue weighted by Crippen LogP contribution is 2.22. The molecular weight excluding hydrogens is 432 g/mol. The average molecular weight is 459 g/mol. The summed E-state index contributed by atoms with van der Waals surface area (Å²) in [6, 6.07) is 15.3. The zero-order valence-electron chi connectivity index (χ0n) is 17.6. The number of ether oxygens (including phenoxy) is 1. The molecule has 32 heavy (non-hydrogen) atoms. The van der Waals surface area contributed by atoms with Gasteiger partial charge in [-0.15, -0.1) is 0 Å². The maximum Gasteiger partial charge on any atom is 0.272 e. The predicted octanol–water partition coefficient (Wildman–Crippen LogP) is -3.28. The smallest absolute Gasteiger partial charge is 0.272 e. The highest BCUT2D eigenvalue weighted by Gasteiger charge is 2.21. The first-order valence-electron chi connectivity index (χ1n) is 10.2. The van der Waals surface area contributed by atoms with E-state index in [2.05, 4.69) is 20.9 Å². The maximum atomic E-state index is 12.1. The number of rotatable bonds is 5. The van der Waals surface area contributed by atoms with Crippen molar-refractivity contribution >= 4 is 28.1 Å². The first kappa shape index (κ1) is 23.4. The van der Waals surface area contributed by atoms with Crippen LogP contribution in [0.3, 0.4) is 0 Å². The Morgan fingerprint density at radius 1 is 1.09 bits per heavy atom. The Hall–Kier alpha value is -3.27. The predicted molar refractivity (Wildman–Crippen MR) is 121 cm³/mol. The lowest BCUT2D eigenvalue weighted by atomic mass is 10.2. The van der Waals surface area contributed by atoms with Gasteiger partial charge in [0.25, 0.3) is 5.56 Å². The number of benzene rings is 1. The first-order valence-corrected chi connectivity index (χ1v) is 10.2. The third-order valence-corrected chi connectivity index (χ3v) is 5.76. The molecule has 4 aromatic rings. The van der Waals surface area contributed by atoms with Gasteiger partial charge in [-0.1, -0.05) is 12.1 Å². The minimum absolute atomic E-state index is 0. The van der Waals surface area contributed by atoms with Gasteiger partial charge in [-0.3, -0.25) is 9.20 Å². The number of nitrogens with zero attached hydrogens (tertiary/aromatic N) is 3. The van der Waals surface area contributed by atoms with Crippen molar-refractivity contribution in [2.75, 3.05) is 50.0 Å². The van der Waals surface area contributed by atoms with Crippen LogP contribution in [0.5, 0.6) is 5.88 Å². The molecule has 1 aliphatic rings. The number of nitrogens with two attached hydrogens (primary N) is 1. The Balaban J connectivity index is 0.00000144. The van der Waals surface area contributed by atoms with Crippen molar-refractivity contribution in [1.82, 2.24) is 14.4 Å². The molecule has 1 fully saturated rings. The molecule has 1 aromatic carbocycles. The maximum absolute atomic E-state index is 12.1. The van der Waals surface area contributed by atoms with E-state index in [0.717, 1.165) is 44.1 Å². The van der Waals surface area contributed by atoms with Crippen LogP contribution in [0.25, 0.3) is 16.7 Å². The minimum Gasteiger partial charge on any atom is -1.00 e. The molecule has 0 amide bonds. The molecule has 6 N–H and O–H groups in total. The molecular formula is C22H27ClN6O3. The molecule has 0 spiro atoms. The lowest BCUT2D eigenvalue weighted by molar-refractivity contribution is -0.900. The third kappa shape index (κ3) is 4.50.